The van der Waals surface area contributed by atoms with Crippen molar-refractivity contribution in [1.29, 1.82) is 0 Å². The van der Waals surface area contributed by atoms with Crippen molar-refractivity contribution in [2.45, 2.75) is 27.2 Å². The van der Waals surface area contributed by atoms with Crippen molar-refractivity contribution in [3.05, 3.63) is 23.8 Å². The molecule has 1 aliphatic rings. The van der Waals surface area contributed by atoms with Crippen LogP contribution in [0.2, 0.25) is 0 Å². The zero-order valence-corrected chi connectivity index (χ0v) is 8.00. The molecule has 1 saturated carbocycles. The molecule has 0 N–H and O–H groups in total. The molecule has 0 amide bonds. The van der Waals surface area contributed by atoms with Gasteiger partial charge in [0, 0.05) is 6.42 Å². The second kappa shape index (κ2) is 3.70. The van der Waals surface area contributed by atoms with Gasteiger partial charge in [-0.05, 0) is 24.3 Å². The highest BCUT2D eigenvalue weighted by atomic mass is 16.1. The maximum absolute atomic E-state index is 11.4. The van der Waals surface area contributed by atoms with Crippen molar-refractivity contribution in [1.82, 2.24) is 0 Å². The summed E-state index contributed by atoms with van der Waals surface area (Å²) >= 11 is 0. The lowest BCUT2D eigenvalue weighted by molar-refractivity contribution is -0.114. The zero-order chi connectivity index (χ0) is 9.14. The van der Waals surface area contributed by atoms with E-state index in [1.807, 2.05) is 25.2 Å². The minimum Gasteiger partial charge on any atom is -0.295 e. The Kier molecular flexibility index (Phi) is 2.85. The van der Waals surface area contributed by atoms with Gasteiger partial charge in [-0.25, -0.2) is 0 Å². The number of hydrogen-bond donors (Lipinski definition) is 0. The molecule has 0 bridgehead atoms. The van der Waals surface area contributed by atoms with Crippen LogP contribution in [0.15, 0.2) is 23.8 Å². The number of ketones is 1. The Labute approximate surface area is 74.2 Å². The highest BCUT2D eigenvalue weighted by molar-refractivity contribution is 5.98. The van der Waals surface area contributed by atoms with Crippen LogP contribution in [0, 0.1) is 11.8 Å². The van der Waals surface area contributed by atoms with Crippen molar-refractivity contribution >= 4 is 5.78 Å². The SMILES string of the molecule is C/C=C\C=C1\C(=O)CC(C)C1C. The van der Waals surface area contributed by atoms with Crippen molar-refractivity contribution in [3.63, 3.8) is 0 Å². The summed E-state index contributed by atoms with van der Waals surface area (Å²) in [6.07, 6.45) is 6.58. The van der Waals surface area contributed by atoms with E-state index in [4.69, 9.17) is 0 Å². The molecule has 0 aromatic carbocycles. The van der Waals surface area contributed by atoms with Crippen LogP contribution >= 0.6 is 0 Å². The predicted molar refractivity (Wildman–Crippen MR) is 50.8 cm³/mol. The molecule has 2 unspecified atom stereocenters. The van der Waals surface area contributed by atoms with Gasteiger partial charge in [0.25, 0.3) is 0 Å². The van der Waals surface area contributed by atoms with Crippen LogP contribution in [0.1, 0.15) is 27.2 Å². The van der Waals surface area contributed by atoms with Crippen LogP contribution in [0.3, 0.4) is 0 Å². The van der Waals surface area contributed by atoms with Gasteiger partial charge in [0.2, 0.25) is 0 Å². The summed E-state index contributed by atoms with van der Waals surface area (Å²) in [5.74, 6) is 1.29. The van der Waals surface area contributed by atoms with Crippen LogP contribution < -0.4 is 0 Å². The minimum atomic E-state index is 0.327. The summed E-state index contributed by atoms with van der Waals surface area (Å²) in [4.78, 5) is 11.4. The average molecular weight is 164 g/mol. The maximum Gasteiger partial charge on any atom is 0.159 e. The van der Waals surface area contributed by atoms with Crippen LogP contribution in [0.4, 0.5) is 0 Å². The summed E-state index contributed by atoms with van der Waals surface area (Å²) in [6.45, 7) is 6.23. The van der Waals surface area contributed by atoms with Gasteiger partial charge in [0.05, 0.1) is 0 Å². The monoisotopic (exact) mass is 164 g/mol. The summed E-state index contributed by atoms with van der Waals surface area (Å²) < 4.78 is 0. The number of rotatable bonds is 1. The van der Waals surface area contributed by atoms with Crippen molar-refractivity contribution in [2.24, 2.45) is 11.8 Å². The van der Waals surface area contributed by atoms with E-state index in [0.717, 1.165) is 12.0 Å². The molecule has 1 rings (SSSR count). The van der Waals surface area contributed by atoms with Crippen molar-refractivity contribution in [3.8, 4) is 0 Å². The molecule has 1 aliphatic carbocycles. The number of carbonyl (C=O) groups excluding carboxylic acids is 1. The molecule has 1 nitrogen and oxygen atoms in total. The van der Waals surface area contributed by atoms with E-state index in [1.54, 1.807) is 0 Å². The Balaban J connectivity index is 2.83. The van der Waals surface area contributed by atoms with E-state index in [2.05, 4.69) is 13.8 Å². The summed E-state index contributed by atoms with van der Waals surface area (Å²) in [6, 6.07) is 0. The van der Waals surface area contributed by atoms with Gasteiger partial charge in [-0.2, -0.15) is 0 Å². The summed E-state index contributed by atoms with van der Waals surface area (Å²) in [7, 11) is 0. The Morgan fingerprint density at radius 2 is 2.08 bits per heavy atom. The van der Waals surface area contributed by atoms with E-state index in [1.165, 1.54) is 0 Å². The lowest BCUT2D eigenvalue weighted by Gasteiger charge is -2.07. The maximum atomic E-state index is 11.4. The highest BCUT2D eigenvalue weighted by Gasteiger charge is 2.30. The van der Waals surface area contributed by atoms with Gasteiger partial charge in [-0.1, -0.05) is 32.1 Å². The van der Waals surface area contributed by atoms with Gasteiger partial charge >= 0.3 is 0 Å². The molecule has 66 valence electrons. The number of carbonyl (C=O) groups is 1. The van der Waals surface area contributed by atoms with Crippen LogP contribution in [-0.2, 0) is 4.79 Å². The van der Waals surface area contributed by atoms with E-state index >= 15 is 0 Å². The fourth-order valence-electron chi connectivity index (χ4n) is 1.59. The molecule has 0 saturated heterocycles. The zero-order valence-electron chi connectivity index (χ0n) is 8.00. The highest BCUT2D eigenvalue weighted by Crippen LogP contribution is 2.32. The van der Waals surface area contributed by atoms with Crippen molar-refractivity contribution in [2.75, 3.05) is 0 Å². The average Bonchev–Trinajstić information content (AvgIpc) is 2.25. The van der Waals surface area contributed by atoms with E-state index < -0.39 is 0 Å². The van der Waals surface area contributed by atoms with Crippen LogP contribution in [-0.4, -0.2) is 5.78 Å². The normalized spacial score (nSPS) is 33.9. The topological polar surface area (TPSA) is 17.1 Å². The standard InChI is InChI=1S/C11H16O/c1-4-5-6-10-9(3)8(2)7-11(10)12/h4-6,8-9H,7H2,1-3H3/b5-4-,10-6+. The van der Waals surface area contributed by atoms with Gasteiger partial charge in [0.1, 0.15) is 0 Å². The second-order valence-electron chi connectivity index (χ2n) is 3.54. The lowest BCUT2D eigenvalue weighted by Crippen LogP contribution is -2.00. The van der Waals surface area contributed by atoms with E-state index in [0.29, 0.717) is 17.6 Å². The van der Waals surface area contributed by atoms with E-state index in [-0.39, 0.29) is 0 Å². The first-order chi connectivity index (χ1) is 5.66. The molecule has 0 spiro atoms. The molecule has 1 fully saturated rings. The van der Waals surface area contributed by atoms with Gasteiger partial charge in [-0.3, -0.25) is 4.79 Å². The number of hydrogen-bond acceptors (Lipinski definition) is 1. The quantitative estimate of drug-likeness (QED) is 0.544. The Morgan fingerprint density at radius 1 is 1.42 bits per heavy atom. The Hall–Kier alpha value is -0.850. The number of allylic oxidation sites excluding steroid dienone is 4. The molecular formula is C11H16O. The molecule has 12 heavy (non-hydrogen) atoms. The second-order valence-corrected chi connectivity index (χ2v) is 3.54. The fourth-order valence-corrected chi connectivity index (χ4v) is 1.59. The van der Waals surface area contributed by atoms with Crippen LogP contribution in [0.5, 0.6) is 0 Å². The van der Waals surface area contributed by atoms with Crippen LogP contribution in [0.25, 0.3) is 0 Å². The van der Waals surface area contributed by atoms with Gasteiger partial charge < -0.3 is 0 Å². The first kappa shape index (κ1) is 9.24. The Bertz CT molecular complexity index is 235. The molecule has 0 aliphatic heterocycles. The molecule has 1 heteroatoms. The summed E-state index contributed by atoms with van der Waals surface area (Å²) in [5.41, 5.74) is 1.00. The first-order valence-corrected chi connectivity index (χ1v) is 4.53. The largest absolute Gasteiger partial charge is 0.295 e. The third-order valence-corrected chi connectivity index (χ3v) is 2.64. The molecule has 0 radical (unpaired) electrons. The van der Waals surface area contributed by atoms with Crippen molar-refractivity contribution < 1.29 is 4.79 Å². The smallest absolute Gasteiger partial charge is 0.159 e. The van der Waals surface area contributed by atoms with Gasteiger partial charge in [0.15, 0.2) is 5.78 Å². The third kappa shape index (κ3) is 1.66. The molecular weight excluding hydrogens is 148 g/mol. The lowest BCUT2D eigenvalue weighted by atomic mass is 9.97. The molecule has 0 aromatic heterocycles. The Morgan fingerprint density at radius 3 is 2.50 bits per heavy atom. The third-order valence-electron chi connectivity index (χ3n) is 2.64. The minimum absolute atomic E-state index is 0.327. The molecule has 0 aromatic rings. The summed E-state index contributed by atoms with van der Waals surface area (Å²) in [5, 5.41) is 0. The fraction of sp³-hybridized carbons (Fsp3) is 0.545. The number of Topliss-reactive ketones (excluding diaryl/α,β-unsaturated/α-hetero) is 1. The molecule has 0 heterocycles. The first-order valence-electron chi connectivity index (χ1n) is 4.53. The van der Waals surface area contributed by atoms with E-state index in [9.17, 15) is 4.79 Å². The molecule has 2 atom stereocenters. The predicted octanol–water partition coefficient (Wildman–Crippen LogP) is 2.73. The van der Waals surface area contributed by atoms with Gasteiger partial charge in [-0.15, -0.1) is 0 Å².